The van der Waals surface area contributed by atoms with E-state index < -0.39 is 0 Å². The van der Waals surface area contributed by atoms with E-state index in [0.29, 0.717) is 0 Å². The minimum atomic E-state index is 0.738. The zero-order valence-electron chi connectivity index (χ0n) is 10.5. The van der Waals surface area contributed by atoms with E-state index in [-0.39, 0.29) is 0 Å². The van der Waals surface area contributed by atoms with Gasteiger partial charge in [-0.1, -0.05) is 23.8 Å². The monoisotopic (exact) mass is 268 g/mol. The van der Waals surface area contributed by atoms with Gasteiger partial charge in [0.1, 0.15) is 0 Å². The van der Waals surface area contributed by atoms with Crippen molar-refractivity contribution in [2.24, 2.45) is 4.99 Å². The van der Waals surface area contributed by atoms with Crippen molar-refractivity contribution in [1.82, 2.24) is 4.90 Å². The molecule has 2 aliphatic heterocycles. The highest BCUT2D eigenvalue weighted by molar-refractivity contribution is 6.31. The number of benzene rings is 1. The lowest BCUT2D eigenvalue weighted by atomic mass is 10.1. The smallest absolute Gasteiger partial charge is 0.0709 e. The summed E-state index contributed by atoms with van der Waals surface area (Å²) in [6.45, 7) is 0. The van der Waals surface area contributed by atoms with Crippen molar-refractivity contribution in [2.75, 3.05) is 7.05 Å². The first-order valence-electron chi connectivity index (χ1n) is 6.07. The van der Waals surface area contributed by atoms with Gasteiger partial charge >= 0.3 is 0 Å². The van der Waals surface area contributed by atoms with Crippen LogP contribution in [0.5, 0.6) is 0 Å². The van der Waals surface area contributed by atoms with Crippen molar-refractivity contribution >= 4 is 29.1 Å². The number of halogens is 1. The van der Waals surface area contributed by atoms with Gasteiger partial charge in [-0.25, -0.2) is 0 Å². The molecule has 0 N–H and O–H groups in total. The molecule has 94 valence electrons. The summed E-state index contributed by atoms with van der Waals surface area (Å²) in [5.41, 5.74) is 4.31. The van der Waals surface area contributed by atoms with Gasteiger partial charge in [-0.15, -0.1) is 0 Å². The van der Waals surface area contributed by atoms with Crippen LogP contribution in [-0.2, 0) is 0 Å². The molecule has 0 spiro atoms. The van der Waals surface area contributed by atoms with Crippen molar-refractivity contribution in [1.29, 1.82) is 0 Å². The minimum absolute atomic E-state index is 0.738. The standard InChI is InChI=1S/C16H13ClN2/c1-19-8-6-12(7-9-19)2-3-13-11-18-16-5-4-14(17)10-15(13)16/h2-11H,1H3/b13-3-. The molecule has 0 radical (unpaired) electrons. The van der Waals surface area contributed by atoms with Crippen LogP contribution in [0.2, 0.25) is 5.02 Å². The molecule has 3 rings (SSSR count). The summed E-state index contributed by atoms with van der Waals surface area (Å²) < 4.78 is 0. The first kappa shape index (κ1) is 12.0. The lowest BCUT2D eigenvalue weighted by Gasteiger charge is -2.11. The molecule has 3 heteroatoms. The highest BCUT2D eigenvalue weighted by Crippen LogP contribution is 2.33. The third-order valence-electron chi connectivity index (χ3n) is 3.07. The van der Waals surface area contributed by atoms with E-state index in [1.807, 2.05) is 48.8 Å². The Morgan fingerprint density at radius 2 is 1.95 bits per heavy atom. The van der Waals surface area contributed by atoms with E-state index in [1.54, 1.807) is 0 Å². The fourth-order valence-corrected chi connectivity index (χ4v) is 2.18. The van der Waals surface area contributed by atoms with Gasteiger partial charge in [-0.3, -0.25) is 4.99 Å². The van der Waals surface area contributed by atoms with Crippen LogP contribution in [0.4, 0.5) is 5.69 Å². The minimum Gasteiger partial charge on any atom is -0.357 e. The number of hydrogen-bond acceptors (Lipinski definition) is 2. The Morgan fingerprint density at radius 1 is 1.16 bits per heavy atom. The molecular formula is C16H13ClN2. The fraction of sp³-hybridized carbons (Fsp3) is 0.0625. The number of hydrogen-bond donors (Lipinski definition) is 0. The van der Waals surface area contributed by atoms with Crippen LogP contribution in [0.25, 0.3) is 5.57 Å². The first-order chi connectivity index (χ1) is 9.22. The maximum absolute atomic E-state index is 6.03. The van der Waals surface area contributed by atoms with E-state index in [2.05, 4.69) is 29.3 Å². The Morgan fingerprint density at radius 3 is 2.74 bits per heavy atom. The Bertz CT molecular complexity index is 647. The van der Waals surface area contributed by atoms with Gasteiger partial charge in [0, 0.05) is 41.8 Å². The number of aliphatic imine (C=N–C) groups is 1. The average molecular weight is 269 g/mol. The molecule has 0 aliphatic carbocycles. The highest BCUT2D eigenvalue weighted by atomic mass is 35.5. The first-order valence-corrected chi connectivity index (χ1v) is 6.44. The molecule has 2 nitrogen and oxygen atoms in total. The van der Waals surface area contributed by atoms with Crippen LogP contribution in [0.15, 0.2) is 65.5 Å². The number of nitrogens with zero attached hydrogens (tertiary/aromatic N) is 2. The van der Waals surface area contributed by atoms with Crippen molar-refractivity contribution in [3.05, 3.63) is 71.1 Å². The van der Waals surface area contributed by atoms with Crippen LogP contribution < -0.4 is 0 Å². The lowest BCUT2D eigenvalue weighted by molar-refractivity contribution is 0.620. The predicted molar refractivity (Wildman–Crippen MR) is 81.7 cm³/mol. The molecule has 2 heterocycles. The van der Waals surface area contributed by atoms with E-state index in [1.165, 1.54) is 0 Å². The maximum atomic E-state index is 6.03. The Hall–Kier alpha value is -2.06. The normalized spacial score (nSPS) is 18.3. The summed E-state index contributed by atoms with van der Waals surface area (Å²) in [7, 11) is 2.00. The van der Waals surface area contributed by atoms with Crippen molar-refractivity contribution in [2.45, 2.75) is 0 Å². The summed E-state index contributed by atoms with van der Waals surface area (Å²) in [6, 6.07) is 5.76. The molecular weight excluding hydrogens is 256 g/mol. The highest BCUT2D eigenvalue weighted by Gasteiger charge is 2.11. The molecule has 2 aliphatic rings. The van der Waals surface area contributed by atoms with Gasteiger partial charge < -0.3 is 4.90 Å². The fourth-order valence-electron chi connectivity index (χ4n) is 2.00. The summed E-state index contributed by atoms with van der Waals surface area (Å²) >= 11 is 6.03. The van der Waals surface area contributed by atoms with Gasteiger partial charge in [0.25, 0.3) is 0 Å². The number of rotatable bonds is 1. The molecule has 0 bridgehead atoms. The van der Waals surface area contributed by atoms with Crippen molar-refractivity contribution in [3.8, 4) is 0 Å². The zero-order valence-corrected chi connectivity index (χ0v) is 11.3. The largest absolute Gasteiger partial charge is 0.357 e. The van der Waals surface area contributed by atoms with E-state index in [9.17, 15) is 0 Å². The zero-order chi connectivity index (χ0) is 13.2. The van der Waals surface area contributed by atoms with Gasteiger partial charge in [0.2, 0.25) is 0 Å². The number of fused-ring (bicyclic) bond motifs is 1. The second kappa shape index (κ2) is 4.90. The molecule has 0 aromatic heterocycles. The lowest BCUT2D eigenvalue weighted by Crippen LogP contribution is -2.02. The maximum Gasteiger partial charge on any atom is 0.0709 e. The molecule has 0 fully saturated rings. The predicted octanol–water partition coefficient (Wildman–Crippen LogP) is 4.34. The van der Waals surface area contributed by atoms with Gasteiger partial charge in [0.15, 0.2) is 0 Å². The molecule has 19 heavy (non-hydrogen) atoms. The van der Waals surface area contributed by atoms with Crippen molar-refractivity contribution in [3.63, 3.8) is 0 Å². The van der Waals surface area contributed by atoms with Crippen LogP contribution in [0.3, 0.4) is 0 Å². The summed E-state index contributed by atoms with van der Waals surface area (Å²) in [6.07, 6.45) is 14.2. The summed E-state index contributed by atoms with van der Waals surface area (Å²) in [5, 5.41) is 0.738. The van der Waals surface area contributed by atoms with E-state index >= 15 is 0 Å². The number of allylic oxidation sites excluding steroid dienone is 6. The second-order valence-corrected chi connectivity index (χ2v) is 4.94. The van der Waals surface area contributed by atoms with Crippen molar-refractivity contribution < 1.29 is 0 Å². The topological polar surface area (TPSA) is 15.6 Å². The van der Waals surface area contributed by atoms with Crippen LogP contribution >= 0.6 is 11.6 Å². The average Bonchev–Trinajstić information content (AvgIpc) is 2.80. The molecule has 1 aromatic carbocycles. The Balaban J connectivity index is 1.90. The molecule has 1 aromatic rings. The van der Waals surface area contributed by atoms with Gasteiger partial charge in [-0.2, -0.15) is 0 Å². The van der Waals surface area contributed by atoms with Gasteiger partial charge in [-0.05, 0) is 35.9 Å². The molecule has 0 atom stereocenters. The van der Waals surface area contributed by atoms with Gasteiger partial charge in [0.05, 0.1) is 5.69 Å². The molecule has 0 saturated heterocycles. The van der Waals surface area contributed by atoms with Crippen LogP contribution in [0.1, 0.15) is 5.56 Å². The SMILES string of the molecule is CN1C=CC(=C/C=C2/C=Nc3ccc(Cl)cc32)C=C1. The molecule has 0 amide bonds. The summed E-state index contributed by atoms with van der Waals surface area (Å²) in [5.74, 6) is 0. The Kier molecular flexibility index (Phi) is 3.10. The second-order valence-electron chi connectivity index (χ2n) is 4.51. The van der Waals surface area contributed by atoms with E-state index in [0.717, 1.165) is 27.4 Å². The quantitative estimate of drug-likeness (QED) is 0.740. The Labute approximate surface area is 117 Å². The summed E-state index contributed by atoms with van der Waals surface area (Å²) in [4.78, 5) is 6.38. The molecule has 0 unspecified atom stereocenters. The molecule has 0 saturated carbocycles. The van der Waals surface area contributed by atoms with Crippen LogP contribution in [0, 0.1) is 0 Å². The third-order valence-corrected chi connectivity index (χ3v) is 3.31. The van der Waals surface area contributed by atoms with Crippen LogP contribution in [-0.4, -0.2) is 18.2 Å². The third kappa shape index (κ3) is 2.54. The van der Waals surface area contributed by atoms with E-state index in [4.69, 9.17) is 11.6 Å².